The lowest BCUT2D eigenvalue weighted by Crippen LogP contribution is -2.35. The van der Waals surface area contributed by atoms with E-state index in [4.69, 9.17) is 19.6 Å². The van der Waals surface area contributed by atoms with Gasteiger partial charge in [0.05, 0.1) is 11.8 Å². The quantitative estimate of drug-likeness (QED) is 0.824. The molecule has 0 bridgehead atoms. The molecule has 0 N–H and O–H groups in total. The van der Waals surface area contributed by atoms with Crippen molar-refractivity contribution in [2.45, 2.75) is 58.0 Å². The molecule has 1 aliphatic heterocycles. The van der Waals surface area contributed by atoms with Crippen molar-refractivity contribution in [2.24, 2.45) is 5.92 Å². The van der Waals surface area contributed by atoms with Crippen molar-refractivity contribution >= 4 is 0 Å². The van der Waals surface area contributed by atoms with Gasteiger partial charge in [0.15, 0.2) is 5.82 Å². The van der Waals surface area contributed by atoms with Crippen molar-refractivity contribution < 1.29 is 9.47 Å². The van der Waals surface area contributed by atoms with Gasteiger partial charge in [-0.3, -0.25) is 4.98 Å². The second kappa shape index (κ2) is 7.45. The second-order valence-electron chi connectivity index (χ2n) is 7.61. The highest BCUT2D eigenvalue weighted by molar-refractivity contribution is 5.35. The molecule has 4 rings (SSSR count). The van der Waals surface area contributed by atoms with Gasteiger partial charge in [-0.2, -0.15) is 5.10 Å². The van der Waals surface area contributed by atoms with Crippen LogP contribution in [-0.2, 0) is 15.9 Å². The summed E-state index contributed by atoms with van der Waals surface area (Å²) in [7, 11) is 1.81. The van der Waals surface area contributed by atoms with Crippen LogP contribution in [0.15, 0.2) is 12.1 Å². The lowest BCUT2D eigenvalue weighted by atomic mass is 9.79. The number of hydrogen-bond donors (Lipinski definition) is 0. The van der Waals surface area contributed by atoms with Gasteiger partial charge in [0, 0.05) is 44.1 Å². The van der Waals surface area contributed by atoms with E-state index < -0.39 is 0 Å². The van der Waals surface area contributed by atoms with Crippen LogP contribution in [0, 0.1) is 19.8 Å². The minimum absolute atomic E-state index is 0.354. The van der Waals surface area contributed by atoms with Crippen LogP contribution in [0.1, 0.15) is 54.6 Å². The molecule has 2 aromatic rings. The van der Waals surface area contributed by atoms with Gasteiger partial charge < -0.3 is 9.47 Å². The summed E-state index contributed by atoms with van der Waals surface area (Å²) < 4.78 is 13.1. The molecule has 2 aliphatic rings. The van der Waals surface area contributed by atoms with E-state index in [9.17, 15) is 0 Å². The van der Waals surface area contributed by atoms with Gasteiger partial charge in [-0.25, -0.2) is 9.67 Å². The van der Waals surface area contributed by atoms with E-state index >= 15 is 0 Å². The summed E-state index contributed by atoms with van der Waals surface area (Å²) >= 11 is 0. The fourth-order valence-corrected chi connectivity index (χ4v) is 4.08. The SMILES string of the molecule is COC1CCC1Cc1nc(C2CCOCC2)nn1-c1cc(C)nc(C)c1. The Morgan fingerprint density at radius 1 is 1.08 bits per heavy atom. The van der Waals surface area contributed by atoms with Crippen molar-refractivity contribution in [2.75, 3.05) is 20.3 Å². The predicted octanol–water partition coefficient (Wildman–Crippen LogP) is 3.14. The molecular weight excluding hydrogens is 328 g/mol. The molecule has 1 saturated heterocycles. The smallest absolute Gasteiger partial charge is 0.154 e. The van der Waals surface area contributed by atoms with Crippen LogP contribution in [0.3, 0.4) is 0 Å². The first-order chi connectivity index (χ1) is 12.6. The van der Waals surface area contributed by atoms with Crippen LogP contribution < -0.4 is 0 Å². The summed E-state index contributed by atoms with van der Waals surface area (Å²) in [6, 6.07) is 4.18. The fourth-order valence-electron chi connectivity index (χ4n) is 4.08. The maximum absolute atomic E-state index is 5.59. The molecule has 140 valence electrons. The summed E-state index contributed by atoms with van der Waals surface area (Å²) in [6.07, 6.45) is 5.62. The Hall–Kier alpha value is -1.79. The van der Waals surface area contributed by atoms with Crippen molar-refractivity contribution in [1.82, 2.24) is 19.7 Å². The summed E-state index contributed by atoms with van der Waals surface area (Å²) in [4.78, 5) is 9.48. The summed E-state index contributed by atoms with van der Waals surface area (Å²) in [5.41, 5.74) is 3.07. The van der Waals surface area contributed by atoms with E-state index in [2.05, 4.69) is 17.1 Å². The van der Waals surface area contributed by atoms with E-state index in [1.165, 1.54) is 6.42 Å². The van der Waals surface area contributed by atoms with Gasteiger partial charge in [0.1, 0.15) is 5.82 Å². The number of aryl methyl sites for hydroxylation is 2. The zero-order valence-corrected chi connectivity index (χ0v) is 15.9. The Balaban J connectivity index is 1.68. The highest BCUT2D eigenvalue weighted by Gasteiger charge is 2.33. The Morgan fingerprint density at radius 2 is 1.81 bits per heavy atom. The third-order valence-corrected chi connectivity index (χ3v) is 5.68. The molecule has 3 heterocycles. The normalized spacial score (nSPS) is 23.8. The lowest BCUT2D eigenvalue weighted by Gasteiger charge is -2.35. The minimum atomic E-state index is 0.354. The van der Waals surface area contributed by atoms with Crippen molar-refractivity contribution in [1.29, 1.82) is 0 Å². The molecule has 6 heteroatoms. The van der Waals surface area contributed by atoms with E-state index in [-0.39, 0.29) is 0 Å². The number of hydrogen-bond acceptors (Lipinski definition) is 5. The van der Waals surface area contributed by atoms with Crippen molar-refractivity contribution in [3.8, 4) is 5.69 Å². The zero-order valence-electron chi connectivity index (χ0n) is 15.9. The predicted molar refractivity (Wildman–Crippen MR) is 98.6 cm³/mol. The van der Waals surface area contributed by atoms with Crippen LogP contribution in [0.4, 0.5) is 0 Å². The number of rotatable bonds is 5. The van der Waals surface area contributed by atoms with Crippen LogP contribution >= 0.6 is 0 Å². The van der Waals surface area contributed by atoms with Gasteiger partial charge in [-0.05, 0) is 57.6 Å². The molecule has 1 aliphatic carbocycles. The van der Waals surface area contributed by atoms with E-state index in [0.717, 1.165) is 67.6 Å². The molecule has 0 spiro atoms. The first-order valence-electron chi connectivity index (χ1n) is 9.66. The van der Waals surface area contributed by atoms with E-state index in [1.54, 1.807) is 0 Å². The van der Waals surface area contributed by atoms with Crippen LogP contribution in [-0.4, -0.2) is 46.2 Å². The molecular formula is C20H28N4O2. The van der Waals surface area contributed by atoms with Gasteiger partial charge in [0.25, 0.3) is 0 Å². The maximum atomic E-state index is 5.59. The Bertz CT molecular complexity index is 745. The highest BCUT2D eigenvalue weighted by Crippen LogP contribution is 2.34. The lowest BCUT2D eigenvalue weighted by molar-refractivity contribution is -0.0167. The zero-order chi connectivity index (χ0) is 18.1. The first kappa shape index (κ1) is 17.6. The van der Waals surface area contributed by atoms with E-state index in [1.807, 2.05) is 25.6 Å². The van der Waals surface area contributed by atoms with Crippen molar-refractivity contribution in [3.05, 3.63) is 35.2 Å². The second-order valence-corrected chi connectivity index (χ2v) is 7.61. The molecule has 0 aromatic carbocycles. The van der Waals surface area contributed by atoms with Crippen LogP contribution in [0.5, 0.6) is 0 Å². The van der Waals surface area contributed by atoms with Gasteiger partial charge >= 0.3 is 0 Å². The number of methoxy groups -OCH3 is 1. The van der Waals surface area contributed by atoms with Crippen LogP contribution in [0.25, 0.3) is 5.69 Å². The molecule has 6 nitrogen and oxygen atoms in total. The molecule has 2 atom stereocenters. The topological polar surface area (TPSA) is 62.1 Å². The molecule has 2 aromatic heterocycles. The van der Waals surface area contributed by atoms with E-state index in [0.29, 0.717) is 17.9 Å². The molecule has 26 heavy (non-hydrogen) atoms. The average molecular weight is 356 g/mol. The number of aromatic nitrogens is 4. The summed E-state index contributed by atoms with van der Waals surface area (Å²) in [5.74, 6) is 2.94. The molecule has 2 fully saturated rings. The Kier molecular flexibility index (Phi) is 5.05. The van der Waals surface area contributed by atoms with Crippen molar-refractivity contribution in [3.63, 3.8) is 0 Å². The monoisotopic (exact) mass is 356 g/mol. The number of pyridine rings is 1. The average Bonchev–Trinajstić information content (AvgIpc) is 3.03. The Morgan fingerprint density at radius 3 is 2.42 bits per heavy atom. The van der Waals surface area contributed by atoms with Gasteiger partial charge in [0.2, 0.25) is 0 Å². The summed E-state index contributed by atoms with van der Waals surface area (Å²) in [5, 5.41) is 4.93. The standard InChI is InChI=1S/C20H28N4O2/c1-13-10-17(11-14(2)21-13)24-19(12-16-4-5-18(16)25-3)22-20(23-24)15-6-8-26-9-7-15/h10-11,15-16,18H,4-9,12H2,1-3H3. The molecule has 1 saturated carbocycles. The van der Waals surface area contributed by atoms with Gasteiger partial charge in [-0.1, -0.05) is 0 Å². The fraction of sp³-hybridized carbons (Fsp3) is 0.650. The largest absolute Gasteiger partial charge is 0.381 e. The van der Waals surface area contributed by atoms with Crippen LogP contribution in [0.2, 0.25) is 0 Å². The Labute approximate surface area is 154 Å². The maximum Gasteiger partial charge on any atom is 0.154 e. The highest BCUT2D eigenvalue weighted by atomic mass is 16.5. The molecule has 0 radical (unpaired) electrons. The number of nitrogens with zero attached hydrogens (tertiary/aromatic N) is 4. The summed E-state index contributed by atoms with van der Waals surface area (Å²) in [6.45, 7) is 5.66. The molecule has 0 amide bonds. The molecule has 2 unspecified atom stereocenters. The first-order valence-corrected chi connectivity index (χ1v) is 9.66. The third-order valence-electron chi connectivity index (χ3n) is 5.68. The van der Waals surface area contributed by atoms with Gasteiger partial charge in [-0.15, -0.1) is 0 Å². The number of ether oxygens (including phenoxy) is 2. The minimum Gasteiger partial charge on any atom is -0.381 e. The third kappa shape index (κ3) is 3.53.